The van der Waals surface area contributed by atoms with Gasteiger partial charge in [-0.1, -0.05) is 72.8 Å². The molecule has 0 N–H and O–H groups in total. The lowest BCUT2D eigenvalue weighted by molar-refractivity contribution is -0.000312. The molecule has 0 atom stereocenters. The summed E-state index contributed by atoms with van der Waals surface area (Å²) in [6.07, 6.45) is 5.24. The predicted molar refractivity (Wildman–Crippen MR) is 114 cm³/mol. The first-order valence-corrected chi connectivity index (χ1v) is 10.5. The number of aryl methyl sites for hydroxylation is 1. The molecule has 2 nitrogen and oxygen atoms in total. The summed E-state index contributed by atoms with van der Waals surface area (Å²) in [4.78, 5) is 2.53. The third kappa shape index (κ3) is 3.45. The molecule has 0 amide bonds. The van der Waals surface area contributed by atoms with E-state index in [2.05, 4.69) is 83.8 Å². The molecule has 2 aliphatic rings. The maximum Gasteiger partial charge on any atom is 0.124 e. The highest BCUT2D eigenvalue weighted by molar-refractivity contribution is 5.42. The highest BCUT2D eigenvalue weighted by atomic mass is 16.5. The van der Waals surface area contributed by atoms with Crippen molar-refractivity contribution in [2.24, 2.45) is 0 Å². The van der Waals surface area contributed by atoms with Crippen molar-refractivity contribution < 1.29 is 4.74 Å². The summed E-state index contributed by atoms with van der Waals surface area (Å²) in [6.45, 7) is 1.94. The number of likely N-dealkylation sites (tertiary alicyclic amines) is 1. The molecule has 28 heavy (non-hydrogen) atoms. The molecule has 0 radical (unpaired) electrons. The maximum absolute atomic E-state index is 6.46. The van der Waals surface area contributed by atoms with Crippen LogP contribution in [0.4, 0.5) is 0 Å². The van der Waals surface area contributed by atoms with Gasteiger partial charge in [0.1, 0.15) is 11.9 Å². The van der Waals surface area contributed by atoms with Gasteiger partial charge in [-0.25, -0.2) is 0 Å². The summed E-state index contributed by atoms with van der Waals surface area (Å²) in [6, 6.07) is 28.6. The minimum absolute atomic E-state index is 0.281. The smallest absolute Gasteiger partial charge is 0.124 e. The third-order valence-corrected chi connectivity index (χ3v) is 6.12. The first kappa shape index (κ1) is 17.5. The van der Waals surface area contributed by atoms with Gasteiger partial charge in [0.2, 0.25) is 0 Å². The van der Waals surface area contributed by atoms with Gasteiger partial charge < -0.3 is 4.74 Å². The van der Waals surface area contributed by atoms with Gasteiger partial charge >= 0.3 is 0 Å². The zero-order chi connectivity index (χ0) is 18.8. The lowest BCUT2D eigenvalue weighted by Gasteiger charge is -2.44. The molecule has 1 aliphatic heterocycles. The average molecular weight is 370 g/mol. The average Bonchev–Trinajstić information content (AvgIpc) is 2.74. The van der Waals surface area contributed by atoms with Crippen molar-refractivity contribution in [3.8, 4) is 5.75 Å². The van der Waals surface area contributed by atoms with Crippen molar-refractivity contribution in [3.63, 3.8) is 0 Å². The maximum atomic E-state index is 6.46. The molecule has 1 heterocycles. The van der Waals surface area contributed by atoms with Gasteiger partial charge in [-0.3, -0.25) is 4.90 Å². The van der Waals surface area contributed by atoms with Gasteiger partial charge in [-0.15, -0.1) is 0 Å². The number of nitrogens with zero attached hydrogens (tertiary/aromatic N) is 1. The van der Waals surface area contributed by atoms with Crippen LogP contribution in [0.15, 0.2) is 78.9 Å². The predicted octanol–water partition coefficient (Wildman–Crippen LogP) is 5.42. The zero-order valence-corrected chi connectivity index (χ0v) is 16.3. The van der Waals surface area contributed by atoms with Gasteiger partial charge in [0.05, 0.1) is 6.04 Å². The van der Waals surface area contributed by atoms with E-state index in [-0.39, 0.29) is 6.10 Å². The highest BCUT2D eigenvalue weighted by Gasteiger charge is 2.35. The third-order valence-electron chi connectivity index (χ3n) is 6.12. The van der Waals surface area contributed by atoms with Gasteiger partial charge in [-0.2, -0.15) is 0 Å². The number of benzene rings is 3. The topological polar surface area (TPSA) is 12.5 Å². The van der Waals surface area contributed by atoms with Crippen molar-refractivity contribution >= 4 is 0 Å². The fourth-order valence-corrected chi connectivity index (χ4v) is 4.68. The van der Waals surface area contributed by atoms with Crippen LogP contribution in [0.3, 0.4) is 0 Å². The minimum atomic E-state index is 0.281. The number of ether oxygens (including phenoxy) is 1. The van der Waals surface area contributed by atoms with Gasteiger partial charge in [0, 0.05) is 13.1 Å². The number of rotatable bonds is 5. The standard InChI is InChI=1S/C26H27NO/c1-3-11-21(12-4-1)26(22-13-5-2-6-14-22)27-18-23(19-27)28-25-17-9-15-20-10-7-8-16-24(20)25/h1-6,9,11-15,17,23,26H,7-8,10,16,18-19H2. The molecular weight excluding hydrogens is 342 g/mol. The van der Waals surface area contributed by atoms with Crippen molar-refractivity contribution in [3.05, 3.63) is 101 Å². The molecule has 142 valence electrons. The van der Waals surface area contributed by atoms with Crippen LogP contribution in [0, 0.1) is 0 Å². The Labute approximate surface area is 167 Å². The van der Waals surface area contributed by atoms with E-state index in [0.29, 0.717) is 6.04 Å². The Morgan fingerprint density at radius 2 is 1.36 bits per heavy atom. The summed E-state index contributed by atoms with van der Waals surface area (Å²) in [5, 5.41) is 0. The Bertz CT molecular complexity index is 876. The Hall–Kier alpha value is -2.58. The number of fused-ring (bicyclic) bond motifs is 1. The van der Waals surface area contributed by atoms with Gasteiger partial charge in [-0.05, 0) is 54.0 Å². The van der Waals surface area contributed by atoms with Crippen LogP contribution in [0.2, 0.25) is 0 Å². The first-order valence-electron chi connectivity index (χ1n) is 10.5. The van der Waals surface area contributed by atoms with Crippen LogP contribution in [0.1, 0.15) is 41.1 Å². The Kier molecular flexibility index (Phi) is 4.88. The van der Waals surface area contributed by atoms with E-state index in [4.69, 9.17) is 4.74 Å². The molecule has 0 aromatic heterocycles. The quantitative estimate of drug-likeness (QED) is 0.595. The van der Waals surface area contributed by atoms with Crippen molar-refractivity contribution in [1.82, 2.24) is 4.90 Å². The molecule has 3 aromatic rings. The summed E-state index contributed by atoms with van der Waals surface area (Å²) >= 11 is 0. The Morgan fingerprint density at radius 3 is 2.04 bits per heavy atom. The Balaban J connectivity index is 1.32. The van der Waals surface area contributed by atoms with Crippen LogP contribution >= 0.6 is 0 Å². The molecule has 2 heteroatoms. The largest absolute Gasteiger partial charge is 0.487 e. The fraction of sp³-hybridized carbons (Fsp3) is 0.308. The van der Waals surface area contributed by atoms with E-state index in [0.717, 1.165) is 18.8 Å². The number of hydrogen-bond donors (Lipinski definition) is 0. The van der Waals surface area contributed by atoms with Crippen LogP contribution in [0.5, 0.6) is 5.75 Å². The summed E-state index contributed by atoms with van der Waals surface area (Å²) in [7, 11) is 0. The lowest BCUT2D eigenvalue weighted by atomic mass is 9.91. The second-order valence-electron chi connectivity index (χ2n) is 8.02. The summed E-state index contributed by atoms with van der Waals surface area (Å²) in [5.41, 5.74) is 5.65. The van der Waals surface area contributed by atoms with E-state index < -0.39 is 0 Å². The number of hydrogen-bond acceptors (Lipinski definition) is 2. The second kappa shape index (κ2) is 7.81. The van der Waals surface area contributed by atoms with E-state index in [9.17, 15) is 0 Å². The van der Waals surface area contributed by atoms with E-state index in [1.807, 2.05) is 0 Å². The molecule has 5 rings (SSSR count). The monoisotopic (exact) mass is 369 g/mol. The molecule has 1 saturated heterocycles. The Morgan fingerprint density at radius 1 is 0.714 bits per heavy atom. The SMILES string of the molecule is c1ccc(C(c2ccccc2)N2CC(Oc3cccc4c3CCCC4)C2)cc1. The van der Waals surface area contributed by atoms with E-state index >= 15 is 0 Å². The van der Waals surface area contributed by atoms with Crippen LogP contribution in [-0.4, -0.2) is 24.1 Å². The molecule has 1 aliphatic carbocycles. The molecule has 1 fully saturated rings. The molecule has 0 unspecified atom stereocenters. The molecule has 0 spiro atoms. The fourth-order valence-electron chi connectivity index (χ4n) is 4.68. The van der Waals surface area contributed by atoms with Gasteiger partial charge in [0.15, 0.2) is 0 Å². The van der Waals surface area contributed by atoms with Crippen LogP contribution in [-0.2, 0) is 12.8 Å². The summed E-state index contributed by atoms with van der Waals surface area (Å²) < 4.78 is 6.46. The van der Waals surface area contributed by atoms with E-state index in [1.54, 1.807) is 0 Å². The second-order valence-corrected chi connectivity index (χ2v) is 8.02. The molecule has 0 saturated carbocycles. The van der Waals surface area contributed by atoms with Crippen molar-refractivity contribution in [1.29, 1.82) is 0 Å². The highest BCUT2D eigenvalue weighted by Crippen LogP contribution is 2.35. The normalized spacial score (nSPS) is 17.2. The molecular formula is C26H27NO. The molecule has 0 bridgehead atoms. The first-order chi connectivity index (χ1) is 13.9. The minimum Gasteiger partial charge on any atom is -0.487 e. The van der Waals surface area contributed by atoms with Crippen LogP contribution in [0.25, 0.3) is 0 Å². The van der Waals surface area contributed by atoms with Gasteiger partial charge in [0.25, 0.3) is 0 Å². The lowest BCUT2D eigenvalue weighted by Crippen LogP contribution is -2.55. The summed E-state index contributed by atoms with van der Waals surface area (Å²) in [5.74, 6) is 1.12. The molecule has 3 aromatic carbocycles. The van der Waals surface area contributed by atoms with Crippen molar-refractivity contribution in [2.75, 3.05) is 13.1 Å². The van der Waals surface area contributed by atoms with Crippen LogP contribution < -0.4 is 4.74 Å². The van der Waals surface area contributed by atoms with E-state index in [1.165, 1.54) is 47.9 Å². The zero-order valence-electron chi connectivity index (χ0n) is 16.3. The van der Waals surface area contributed by atoms with Crippen molar-refractivity contribution in [2.45, 2.75) is 37.8 Å².